The van der Waals surface area contributed by atoms with Crippen LogP contribution in [0.15, 0.2) is 27.6 Å². The van der Waals surface area contributed by atoms with Gasteiger partial charge in [0.2, 0.25) is 0 Å². The molecule has 0 aliphatic heterocycles. The Morgan fingerprint density at radius 3 is 2.75 bits per heavy atom. The topological polar surface area (TPSA) is 12.0 Å². The summed E-state index contributed by atoms with van der Waals surface area (Å²) in [5.41, 5.74) is 1.36. The third kappa shape index (κ3) is 3.79. The zero-order chi connectivity index (χ0) is 11.5. The van der Waals surface area contributed by atoms with Crippen molar-refractivity contribution in [1.82, 2.24) is 5.32 Å². The predicted octanol–water partition coefficient (Wildman–Crippen LogP) is 4.20. The molecule has 1 aliphatic carbocycles. The third-order valence-corrected chi connectivity index (χ3v) is 4.29. The van der Waals surface area contributed by atoms with Gasteiger partial charge < -0.3 is 5.32 Å². The number of benzene rings is 1. The highest BCUT2D eigenvalue weighted by molar-refractivity contribution is 9.10. The van der Waals surface area contributed by atoms with Crippen molar-refractivity contribution in [3.05, 3.63) is 28.2 Å². The van der Waals surface area contributed by atoms with Crippen LogP contribution in [-0.4, -0.2) is 11.3 Å². The van der Waals surface area contributed by atoms with E-state index in [1.165, 1.54) is 27.8 Å². The fourth-order valence-corrected chi connectivity index (χ4v) is 3.11. The van der Waals surface area contributed by atoms with Crippen molar-refractivity contribution in [2.24, 2.45) is 0 Å². The van der Waals surface area contributed by atoms with Gasteiger partial charge in [0.05, 0.1) is 0 Å². The molecule has 1 fully saturated rings. The highest BCUT2D eigenvalue weighted by Crippen LogP contribution is 2.28. The smallest absolute Gasteiger partial charge is 0.0231 e. The van der Waals surface area contributed by atoms with Crippen LogP contribution in [0.4, 0.5) is 0 Å². The Bertz CT molecular complexity index is 361. The van der Waals surface area contributed by atoms with Crippen molar-refractivity contribution in [3.63, 3.8) is 0 Å². The number of rotatable bonds is 5. The molecule has 0 aromatic heterocycles. The van der Waals surface area contributed by atoms with E-state index in [1.54, 1.807) is 0 Å². The molecule has 0 radical (unpaired) electrons. The fourth-order valence-electron chi connectivity index (χ4n) is 1.56. The van der Waals surface area contributed by atoms with Gasteiger partial charge in [-0.15, -0.1) is 11.8 Å². The molecule has 2 rings (SSSR count). The molecule has 88 valence electrons. The van der Waals surface area contributed by atoms with E-state index >= 15 is 0 Å². The van der Waals surface area contributed by atoms with Crippen LogP contribution in [0.25, 0.3) is 0 Å². The summed E-state index contributed by atoms with van der Waals surface area (Å²) < 4.78 is 1.23. The maximum absolute atomic E-state index is 3.65. The summed E-state index contributed by atoms with van der Waals surface area (Å²) in [6.07, 6.45) is 2.69. The molecule has 0 bridgehead atoms. The van der Waals surface area contributed by atoms with Gasteiger partial charge in [0.1, 0.15) is 0 Å². The van der Waals surface area contributed by atoms with Crippen LogP contribution >= 0.6 is 27.7 Å². The largest absolute Gasteiger partial charge is 0.310 e. The molecule has 16 heavy (non-hydrogen) atoms. The molecular formula is C13H18BrNS. The second-order valence-corrected chi connectivity index (χ2v) is 7.08. The maximum Gasteiger partial charge on any atom is 0.0231 e. The Morgan fingerprint density at radius 2 is 2.19 bits per heavy atom. The molecular weight excluding hydrogens is 282 g/mol. The summed E-state index contributed by atoms with van der Waals surface area (Å²) in [5.74, 6) is 0. The van der Waals surface area contributed by atoms with E-state index in [4.69, 9.17) is 0 Å². The highest BCUT2D eigenvalue weighted by Gasteiger charge is 2.20. The Hall–Kier alpha value is 0.01000. The summed E-state index contributed by atoms with van der Waals surface area (Å²) in [5, 5.41) is 4.18. The van der Waals surface area contributed by atoms with Gasteiger partial charge in [-0.05, 0) is 30.5 Å². The van der Waals surface area contributed by atoms with E-state index in [2.05, 4.69) is 53.3 Å². The van der Waals surface area contributed by atoms with E-state index in [0.717, 1.165) is 12.6 Å². The van der Waals surface area contributed by atoms with E-state index in [-0.39, 0.29) is 0 Å². The van der Waals surface area contributed by atoms with Crippen LogP contribution in [0.3, 0.4) is 0 Å². The number of hydrogen-bond acceptors (Lipinski definition) is 2. The molecule has 3 heteroatoms. The molecule has 0 spiro atoms. The molecule has 0 heterocycles. The van der Waals surface area contributed by atoms with Gasteiger partial charge >= 0.3 is 0 Å². The van der Waals surface area contributed by atoms with Crippen LogP contribution < -0.4 is 5.32 Å². The van der Waals surface area contributed by atoms with Crippen LogP contribution in [0, 0.1) is 0 Å². The minimum Gasteiger partial charge on any atom is -0.310 e. The molecule has 0 atom stereocenters. The van der Waals surface area contributed by atoms with E-state index in [9.17, 15) is 0 Å². The fraction of sp³-hybridized carbons (Fsp3) is 0.538. The summed E-state index contributed by atoms with van der Waals surface area (Å²) in [7, 11) is 0. The lowest BCUT2D eigenvalue weighted by Crippen LogP contribution is -2.15. The van der Waals surface area contributed by atoms with Gasteiger partial charge in [-0.3, -0.25) is 0 Å². The van der Waals surface area contributed by atoms with Gasteiger partial charge in [-0.25, -0.2) is 0 Å². The number of nitrogens with one attached hydrogen (secondary N) is 1. The minimum absolute atomic E-state index is 0.641. The zero-order valence-corrected chi connectivity index (χ0v) is 12.2. The second-order valence-electron chi connectivity index (χ2n) is 4.57. The summed E-state index contributed by atoms with van der Waals surface area (Å²) in [6.45, 7) is 5.43. The molecule has 0 saturated heterocycles. The molecule has 1 aromatic carbocycles. The van der Waals surface area contributed by atoms with Crippen LogP contribution in [-0.2, 0) is 6.54 Å². The number of thioether (sulfide) groups is 1. The van der Waals surface area contributed by atoms with Crippen LogP contribution in [0.2, 0.25) is 0 Å². The average molecular weight is 300 g/mol. The van der Waals surface area contributed by atoms with Crippen LogP contribution in [0.5, 0.6) is 0 Å². The van der Waals surface area contributed by atoms with E-state index < -0.39 is 0 Å². The SMILES string of the molecule is CC(C)Sc1ccc(CNC2CC2)c(Br)c1. The molecule has 0 amide bonds. The Morgan fingerprint density at radius 1 is 1.44 bits per heavy atom. The summed E-state index contributed by atoms with van der Waals surface area (Å²) in [4.78, 5) is 1.34. The molecule has 0 unspecified atom stereocenters. The van der Waals surface area contributed by atoms with Crippen molar-refractivity contribution in [3.8, 4) is 0 Å². The van der Waals surface area contributed by atoms with Gasteiger partial charge in [-0.1, -0.05) is 35.8 Å². The Balaban J connectivity index is 1.97. The van der Waals surface area contributed by atoms with E-state index in [0.29, 0.717) is 5.25 Å². The Labute approximate surface area is 111 Å². The number of hydrogen-bond donors (Lipinski definition) is 1. The molecule has 1 nitrogen and oxygen atoms in total. The lowest BCUT2D eigenvalue weighted by Gasteiger charge is -2.09. The normalized spacial score (nSPS) is 15.8. The first-order chi connectivity index (χ1) is 7.65. The van der Waals surface area contributed by atoms with Crippen LogP contribution in [0.1, 0.15) is 32.3 Å². The van der Waals surface area contributed by atoms with Gasteiger partial charge in [-0.2, -0.15) is 0 Å². The van der Waals surface area contributed by atoms with Crippen molar-refractivity contribution in [2.45, 2.75) is 49.4 Å². The van der Waals surface area contributed by atoms with Crippen molar-refractivity contribution < 1.29 is 0 Å². The van der Waals surface area contributed by atoms with Gasteiger partial charge in [0, 0.05) is 27.2 Å². The summed E-state index contributed by atoms with van der Waals surface area (Å²) in [6, 6.07) is 7.45. The first-order valence-corrected chi connectivity index (χ1v) is 7.51. The van der Waals surface area contributed by atoms with Crippen molar-refractivity contribution >= 4 is 27.7 Å². The zero-order valence-electron chi connectivity index (χ0n) is 9.79. The molecule has 1 saturated carbocycles. The second kappa shape index (κ2) is 5.56. The third-order valence-electron chi connectivity index (χ3n) is 2.55. The monoisotopic (exact) mass is 299 g/mol. The first kappa shape index (κ1) is 12.5. The lowest BCUT2D eigenvalue weighted by molar-refractivity contribution is 0.685. The van der Waals surface area contributed by atoms with Gasteiger partial charge in [0.25, 0.3) is 0 Å². The predicted molar refractivity (Wildman–Crippen MR) is 75.0 cm³/mol. The quantitative estimate of drug-likeness (QED) is 0.818. The Kier molecular flexibility index (Phi) is 4.34. The standard InChI is InChI=1S/C13H18BrNS/c1-9(2)16-12-6-3-10(13(14)7-12)8-15-11-4-5-11/h3,6-7,9,11,15H,4-5,8H2,1-2H3. The maximum atomic E-state index is 3.65. The van der Waals surface area contributed by atoms with Crippen molar-refractivity contribution in [2.75, 3.05) is 0 Å². The molecule has 1 aliphatic rings. The molecule has 1 aromatic rings. The van der Waals surface area contributed by atoms with E-state index in [1.807, 2.05) is 11.8 Å². The van der Waals surface area contributed by atoms with Crippen molar-refractivity contribution in [1.29, 1.82) is 0 Å². The average Bonchev–Trinajstić information content (AvgIpc) is 2.99. The highest BCUT2D eigenvalue weighted by atomic mass is 79.9. The number of halogens is 1. The molecule has 1 N–H and O–H groups in total. The van der Waals surface area contributed by atoms with Gasteiger partial charge in [0.15, 0.2) is 0 Å². The lowest BCUT2D eigenvalue weighted by atomic mass is 10.2. The summed E-state index contributed by atoms with van der Waals surface area (Å²) >= 11 is 5.56. The first-order valence-electron chi connectivity index (χ1n) is 5.83. The minimum atomic E-state index is 0.641.